The molecule has 0 aliphatic heterocycles. The van der Waals surface area contributed by atoms with Gasteiger partial charge in [-0.1, -0.05) is 31.4 Å². The highest BCUT2D eigenvalue weighted by Crippen LogP contribution is 2.32. The second kappa shape index (κ2) is 7.62. The van der Waals surface area contributed by atoms with Gasteiger partial charge >= 0.3 is 0 Å². The van der Waals surface area contributed by atoms with Gasteiger partial charge in [0.25, 0.3) is 5.89 Å². The molecule has 1 aromatic carbocycles. The van der Waals surface area contributed by atoms with Crippen molar-refractivity contribution in [2.24, 2.45) is 0 Å². The first-order valence-electron chi connectivity index (χ1n) is 7.58. The summed E-state index contributed by atoms with van der Waals surface area (Å²) in [5.41, 5.74) is 0.868. The van der Waals surface area contributed by atoms with E-state index in [9.17, 15) is 0 Å². The zero-order chi connectivity index (χ0) is 16.1. The molecule has 0 unspecified atom stereocenters. The zero-order valence-corrected chi connectivity index (χ0v) is 14.4. The van der Waals surface area contributed by atoms with Crippen LogP contribution in [0.3, 0.4) is 0 Å². The SMILES string of the molecule is CCCCCOc1ccc(-c2nnc(-c3ccc(Cl)s3)o2)cc1. The van der Waals surface area contributed by atoms with Gasteiger partial charge in [-0.3, -0.25) is 0 Å². The Labute approximate surface area is 144 Å². The number of halogens is 1. The Bertz CT molecular complexity index is 752. The van der Waals surface area contributed by atoms with Crippen molar-refractivity contribution in [2.45, 2.75) is 26.2 Å². The summed E-state index contributed by atoms with van der Waals surface area (Å²) < 4.78 is 12.1. The van der Waals surface area contributed by atoms with Gasteiger partial charge in [-0.15, -0.1) is 21.5 Å². The molecule has 0 spiro atoms. The number of thiophene rings is 1. The smallest absolute Gasteiger partial charge is 0.258 e. The Balaban J connectivity index is 1.66. The standard InChI is InChI=1S/C17H17ClN2O2S/c1-2-3-4-11-21-13-7-5-12(6-8-13)16-19-20-17(22-16)14-9-10-15(18)23-14/h5-10H,2-4,11H2,1H3. The fourth-order valence-corrected chi connectivity index (χ4v) is 3.07. The summed E-state index contributed by atoms with van der Waals surface area (Å²) in [5.74, 6) is 1.83. The van der Waals surface area contributed by atoms with Gasteiger partial charge in [-0.05, 0) is 42.8 Å². The predicted molar refractivity (Wildman–Crippen MR) is 93.1 cm³/mol. The van der Waals surface area contributed by atoms with Gasteiger partial charge in [0.05, 0.1) is 15.8 Å². The number of rotatable bonds is 7. The van der Waals surface area contributed by atoms with Gasteiger partial charge in [0.15, 0.2) is 0 Å². The summed E-state index contributed by atoms with van der Waals surface area (Å²) in [6.07, 6.45) is 3.46. The van der Waals surface area contributed by atoms with Gasteiger partial charge in [0, 0.05) is 5.56 Å². The van der Waals surface area contributed by atoms with Crippen LogP contribution in [0, 0.1) is 0 Å². The van der Waals surface area contributed by atoms with Crippen molar-refractivity contribution >= 4 is 22.9 Å². The van der Waals surface area contributed by atoms with Crippen LogP contribution in [0.15, 0.2) is 40.8 Å². The fourth-order valence-electron chi connectivity index (χ4n) is 2.10. The third-order valence-corrected chi connectivity index (χ3v) is 4.55. The van der Waals surface area contributed by atoms with E-state index in [4.69, 9.17) is 20.8 Å². The second-order valence-corrected chi connectivity index (χ2v) is 6.81. The maximum Gasteiger partial charge on any atom is 0.258 e. The number of ether oxygens (including phenoxy) is 1. The minimum atomic E-state index is 0.483. The van der Waals surface area contributed by atoms with Crippen LogP contribution < -0.4 is 4.74 Å². The summed E-state index contributed by atoms with van der Waals surface area (Å²) in [5, 5.41) is 8.17. The highest BCUT2D eigenvalue weighted by atomic mass is 35.5. The lowest BCUT2D eigenvalue weighted by atomic mass is 10.2. The van der Waals surface area contributed by atoms with E-state index >= 15 is 0 Å². The lowest BCUT2D eigenvalue weighted by Gasteiger charge is -2.05. The van der Waals surface area contributed by atoms with Crippen LogP contribution in [-0.4, -0.2) is 16.8 Å². The van der Waals surface area contributed by atoms with Crippen LogP contribution in [0.2, 0.25) is 4.34 Å². The molecule has 0 amide bonds. The number of nitrogens with zero attached hydrogens (tertiary/aromatic N) is 2. The van der Waals surface area contributed by atoms with E-state index < -0.39 is 0 Å². The maximum absolute atomic E-state index is 5.93. The molecule has 0 fully saturated rings. The highest BCUT2D eigenvalue weighted by molar-refractivity contribution is 7.19. The molecular weight excluding hydrogens is 332 g/mol. The van der Waals surface area contributed by atoms with Gasteiger partial charge in [-0.2, -0.15) is 0 Å². The largest absolute Gasteiger partial charge is 0.494 e. The Morgan fingerprint density at radius 1 is 1.04 bits per heavy atom. The van der Waals surface area contributed by atoms with Crippen LogP contribution >= 0.6 is 22.9 Å². The zero-order valence-electron chi connectivity index (χ0n) is 12.8. The lowest BCUT2D eigenvalue weighted by molar-refractivity contribution is 0.306. The lowest BCUT2D eigenvalue weighted by Crippen LogP contribution is -1.96. The number of hydrogen-bond acceptors (Lipinski definition) is 5. The van der Waals surface area contributed by atoms with Crippen LogP contribution in [-0.2, 0) is 0 Å². The predicted octanol–water partition coefficient (Wildman–Crippen LogP) is 5.69. The quantitative estimate of drug-likeness (QED) is 0.515. The Kier molecular flexibility index (Phi) is 5.31. The van der Waals surface area contributed by atoms with Crippen molar-refractivity contribution in [3.05, 3.63) is 40.7 Å². The van der Waals surface area contributed by atoms with E-state index in [1.165, 1.54) is 24.2 Å². The molecule has 0 radical (unpaired) electrons. The minimum absolute atomic E-state index is 0.483. The van der Waals surface area contributed by atoms with Crippen LogP contribution in [0.25, 0.3) is 22.2 Å². The topological polar surface area (TPSA) is 48.2 Å². The highest BCUT2D eigenvalue weighted by Gasteiger charge is 2.12. The molecule has 0 aliphatic carbocycles. The summed E-state index contributed by atoms with van der Waals surface area (Å²) in [4.78, 5) is 0.865. The number of aromatic nitrogens is 2. The van der Waals surface area contributed by atoms with E-state index in [1.807, 2.05) is 36.4 Å². The molecule has 2 heterocycles. The molecule has 4 nitrogen and oxygen atoms in total. The summed E-state index contributed by atoms with van der Waals surface area (Å²) >= 11 is 7.34. The van der Waals surface area contributed by atoms with Crippen molar-refractivity contribution < 1.29 is 9.15 Å². The Morgan fingerprint density at radius 3 is 2.52 bits per heavy atom. The molecule has 0 aliphatic rings. The molecule has 120 valence electrons. The number of benzene rings is 1. The fraction of sp³-hybridized carbons (Fsp3) is 0.294. The average molecular weight is 349 g/mol. The summed E-state index contributed by atoms with van der Waals surface area (Å²) in [6, 6.07) is 11.4. The summed E-state index contributed by atoms with van der Waals surface area (Å²) in [7, 11) is 0. The molecule has 23 heavy (non-hydrogen) atoms. The minimum Gasteiger partial charge on any atom is -0.494 e. The van der Waals surface area contributed by atoms with E-state index in [0.717, 1.165) is 29.2 Å². The first kappa shape index (κ1) is 16.0. The molecule has 0 saturated carbocycles. The maximum atomic E-state index is 5.93. The third kappa shape index (κ3) is 4.12. The molecule has 2 aromatic heterocycles. The van der Waals surface area contributed by atoms with Crippen LogP contribution in [0.1, 0.15) is 26.2 Å². The van der Waals surface area contributed by atoms with Crippen molar-refractivity contribution in [3.63, 3.8) is 0 Å². The number of hydrogen-bond donors (Lipinski definition) is 0. The first-order chi connectivity index (χ1) is 11.3. The van der Waals surface area contributed by atoms with Gasteiger partial charge < -0.3 is 9.15 Å². The van der Waals surface area contributed by atoms with Gasteiger partial charge in [0.2, 0.25) is 5.89 Å². The molecule has 0 saturated heterocycles. The van der Waals surface area contributed by atoms with Gasteiger partial charge in [0.1, 0.15) is 5.75 Å². The number of unbranched alkanes of at least 4 members (excludes halogenated alkanes) is 2. The Hall–Kier alpha value is -1.85. The van der Waals surface area contributed by atoms with Crippen LogP contribution in [0.5, 0.6) is 5.75 Å². The van der Waals surface area contributed by atoms with Crippen molar-refractivity contribution in [1.29, 1.82) is 0 Å². The molecule has 3 rings (SSSR count). The molecule has 6 heteroatoms. The van der Waals surface area contributed by atoms with E-state index in [0.29, 0.717) is 16.1 Å². The Morgan fingerprint density at radius 2 is 1.83 bits per heavy atom. The monoisotopic (exact) mass is 348 g/mol. The first-order valence-corrected chi connectivity index (χ1v) is 8.78. The van der Waals surface area contributed by atoms with Crippen molar-refractivity contribution in [3.8, 4) is 28.0 Å². The summed E-state index contributed by atoms with van der Waals surface area (Å²) in [6.45, 7) is 2.93. The molecule has 3 aromatic rings. The van der Waals surface area contributed by atoms with Crippen molar-refractivity contribution in [2.75, 3.05) is 6.61 Å². The second-order valence-electron chi connectivity index (χ2n) is 5.10. The van der Waals surface area contributed by atoms with Gasteiger partial charge in [-0.25, -0.2) is 0 Å². The van der Waals surface area contributed by atoms with E-state index in [1.54, 1.807) is 0 Å². The molecule has 0 atom stereocenters. The van der Waals surface area contributed by atoms with E-state index in [-0.39, 0.29) is 0 Å². The van der Waals surface area contributed by atoms with Crippen LogP contribution in [0.4, 0.5) is 0 Å². The molecule has 0 N–H and O–H groups in total. The van der Waals surface area contributed by atoms with Crippen molar-refractivity contribution in [1.82, 2.24) is 10.2 Å². The normalized spacial score (nSPS) is 10.9. The third-order valence-electron chi connectivity index (χ3n) is 3.33. The molecule has 0 bridgehead atoms. The average Bonchev–Trinajstić information content (AvgIpc) is 3.21. The molecular formula is C17H17ClN2O2S. The van der Waals surface area contributed by atoms with E-state index in [2.05, 4.69) is 17.1 Å².